The first-order valence-electron chi connectivity index (χ1n) is 28.8. The first kappa shape index (κ1) is 56.1. The Balaban J connectivity index is 0.000000154. The van der Waals surface area contributed by atoms with Crippen LogP contribution in [-0.4, -0.2) is 121 Å². The molecule has 4 aromatic carbocycles. The van der Waals surface area contributed by atoms with E-state index in [1.165, 1.54) is 19.8 Å². The quantitative estimate of drug-likeness (QED) is 0.0882. The predicted octanol–water partition coefficient (Wildman–Crippen LogP) is 10.2. The average Bonchev–Trinajstić information content (AvgIpc) is 4.00. The maximum absolute atomic E-state index is 12.4. The topological polar surface area (TPSA) is 232 Å². The molecule has 6 aromatic heterocycles. The molecule has 10 heterocycles. The largest absolute Gasteiger partial charge is 0.472 e. The van der Waals surface area contributed by atoms with E-state index in [4.69, 9.17) is 24.5 Å². The van der Waals surface area contributed by atoms with Crippen molar-refractivity contribution in [2.24, 2.45) is 7.05 Å². The number of carbonyl (C=O) groups is 2. The van der Waals surface area contributed by atoms with Gasteiger partial charge < -0.3 is 54.4 Å². The number of aryl methyl sites for hydroxylation is 4. The number of likely N-dealkylation sites (tertiary alicyclic amines) is 1. The van der Waals surface area contributed by atoms with E-state index < -0.39 is 5.97 Å². The third-order valence-corrected chi connectivity index (χ3v) is 16.0. The zero-order valence-corrected chi connectivity index (χ0v) is 48.6. The normalized spacial score (nSPS) is 17.4. The first-order chi connectivity index (χ1) is 41.9. The monoisotopic (exact) mass is 1150 g/mol. The summed E-state index contributed by atoms with van der Waals surface area (Å²) in [6.07, 6.45) is 11.2. The summed E-state index contributed by atoms with van der Waals surface area (Å²) < 4.78 is 16.5. The molecule has 86 heavy (non-hydrogen) atoms. The Morgan fingerprint density at radius 1 is 0.605 bits per heavy atom. The molecule has 4 atom stereocenters. The number of rotatable bonds is 11. The van der Waals surface area contributed by atoms with Gasteiger partial charge in [-0.25, -0.2) is 44.7 Å². The summed E-state index contributed by atoms with van der Waals surface area (Å²) in [5.41, 5.74) is 10.8. The Morgan fingerprint density at radius 3 is 1.63 bits per heavy atom. The highest BCUT2D eigenvalue weighted by atomic mass is 16.5. The van der Waals surface area contributed by atoms with Gasteiger partial charge >= 0.3 is 5.97 Å². The van der Waals surface area contributed by atoms with E-state index in [1.54, 1.807) is 25.9 Å². The minimum absolute atomic E-state index is 0.0959. The molecular weight excluding hydrogens is 1080 g/mol. The van der Waals surface area contributed by atoms with Gasteiger partial charge in [-0.2, -0.15) is 0 Å². The van der Waals surface area contributed by atoms with Gasteiger partial charge in [-0.1, -0.05) is 11.8 Å². The van der Waals surface area contributed by atoms with Crippen LogP contribution in [-0.2, 0) is 23.2 Å². The van der Waals surface area contributed by atoms with E-state index in [0.717, 1.165) is 128 Å². The van der Waals surface area contributed by atoms with E-state index in [0.29, 0.717) is 42.3 Å². The molecule has 4 saturated heterocycles. The fraction of sp³-hybridized carbons (Fsp3) is 0.292. The van der Waals surface area contributed by atoms with Crippen molar-refractivity contribution < 1.29 is 24.2 Å². The summed E-state index contributed by atoms with van der Waals surface area (Å²) in [5.74, 6) is 14.6. The van der Waals surface area contributed by atoms with Crippen LogP contribution in [0.2, 0.25) is 0 Å². The Kier molecular flexibility index (Phi) is 16.0. The standard InChI is InChI=1S/C32H30N8O2.C29H30N8O.C4H4O2/c1-4-5-30(41)39-16-22-7-8-23(17-39)40(22)29-13-10-25-31(37-29)32(34-18-33-25)36-21-6-12-28(20(2)14-21)42-24-9-11-27-26(15-24)35-19-38(27)3;1-3-36-17-33-24-13-22(7-9-25(24)36)38-26-10-4-19(12-18(26)2)34-29-28-23(31-16-32-29)8-11-27(35-28)37-20-5-6-21(37)15-30-14-20;1-2-3-4(5)6/h6,9-15,18-19,22-23H,7-8,16-17H2,1-3H3,(H,33,34,36);4,7-13,16-17,20-21,30H,3,5-6,14-15H2,1-2H3,(H,31,32,34);1H3,(H,5,6). The minimum Gasteiger partial charge on any atom is -0.472 e. The molecule has 1 amide bonds. The maximum atomic E-state index is 12.4. The fourth-order valence-corrected chi connectivity index (χ4v) is 12.0. The fourth-order valence-electron chi connectivity index (χ4n) is 12.0. The summed E-state index contributed by atoms with van der Waals surface area (Å²) in [5, 5.41) is 18.2. The molecule has 21 heteroatoms. The lowest BCUT2D eigenvalue weighted by Crippen LogP contribution is -2.55. The molecule has 4 aliphatic rings. The number of benzene rings is 4. The lowest BCUT2D eigenvalue weighted by atomic mass is 10.1. The third-order valence-electron chi connectivity index (χ3n) is 16.0. The van der Waals surface area contributed by atoms with Crippen molar-refractivity contribution in [1.29, 1.82) is 0 Å². The molecule has 14 rings (SSSR count). The number of carboxylic acid groups (broad SMARTS) is 1. The maximum Gasteiger partial charge on any atom is 0.381 e. The Morgan fingerprint density at radius 2 is 1.12 bits per heavy atom. The number of imidazole rings is 2. The van der Waals surface area contributed by atoms with Crippen LogP contribution >= 0.6 is 0 Å². The smallest absolute Gasteiger partial charge is 0.381 e. The van der Waals surface area contributed by atoms with Crippen molar-refractivity contribution >= 4 is 90.7 Å². The Labute approximate surface area is 496 Å². The summed E-state index contributed by atoms with van der Waals surface area (Å²) in [7, 11) is 1.97. The molecule has 0 radical (unpaired) electrons. The number of hydrogen-bond acceptors (Lipinski definition) is 17. The number of carboxylic acids is 1. The second-order valence-corrected chi connectivity index (χ2v) is 21.6. The van der Waals surface area contributed by atoms with Crippen molar-refractivity contribution in [3.8, 4) is 46.7 Å². The average molecular weight is 1150 g/mol. The predicted molar refractivity (Wildman–Crippen MR) is 332 cm³/mol. The molecule has 4 unspecified atom stereocenters. The zero-order valence-electron chi connectivity index (χ0n) is 48.6. The van der Waals surface area contributed by atoms with Crippen LogP contribution in [0.25, 0.3) is 44.1 Å². The number of aromatic nitrogens is 10. The van der Waals surface area contributed by atoms with Crippen molar-refractivity contribution in [2.75, 3.05) is 46.6 Å². The van der Waals surface area contributed by atoms with Crippen LogP contribution in [0.4, 0.5) is 34.6 Å². The highest BCUT2D eigenvalue weighted by molar-refractivity contribution is 5.94. The van der Waals surface area contributed by atoms with Gasteiger partial charge in [0.25, 0.3) is 5.91 Å². The number of nitrogens with zero attached hydrogens (tertiary/aromatic N) is 13. The van der Waals surface area contributed by atoms with Crippen molar-refractivity contribution in [3.05, 3.63) is 133 Å². The summed E-state index contributed by atoms with van der Waals surface area (Å²) in [4.78, 5) is 65.6. The van der Waals surface area contributed by atoms with Gasteiger partial charge in [-0.3, -0.25) is 4.79 Å². The molecule has 4 fully saturated rings. The molecule has 21 nitrogen and oxygen atoms in total. The molecule has 0 spiro atoms. The highest BCUT2D eigenvalue weighted by Gasteiger charge is 2.42. The summed E-state index contributed by atoms with van der Waals surface area (Å²) in [6, 6.07) is 33.5. The van der Waals surface area contributed by atoms with Crippen LogP contribution in [0.3, 0.4) is 0 Å². The second-order valence-electron chi connectivity index (χ2n) is 21.6. The van der Waals surface area contributed by atoms with E-state index >= 15 is 0 Å². The second kappa shape index (κ2) is 24.4. The highest BCUT2D eigenvalue weighted by Crippen LogP contribution is 2.38. The number of amides is 1. The molecule has 4 N–H and O–H groups in total. The van der Waals surface area contributed by atoms with Gasteiger partial charge in [0, 0.05) is 93.4 Å². The number of fused-ring (bicyclic) bond motifs is 8. The molecule has 0 saturated carbocycles. The van der Waals surface area contributed by atoms with Crippen molar-refractivity contribution in [3.63, 3.8) is 0 Å². The molecular formula is C65H64N16O5. The molecule has 0 aliphatic carbocycles. The number of nitrogens with one attached hydrogen (secondary N) is 3. The van der Waals surface area contributed by atoms with E-state index in [-0.39, 0.29) is 18.0 Å². The Bertz CT molecular complexity index is 4320. The van der Waals surface area contributed by atoms with Crippen LogP contribution in [0.5, 0.6) is 23.0 Å². The zero-order chi connectivity index (χ0) is 59.4. The number of pyridine rings is 2. The van der Waals surface area contributed by atoms with Crippen molar-refractivity contribution in [2.45, 2.75) is 91.0 Å². The lowest BCUT2D eigenvalue weighted by molar-refractivity contribution is -0.130. The van der Waals surface area contributed by atoms with Gasteiger partial charge in [0.2, 0.25) is 0 Å². The number of ether oxygens (including phenoxy) is 2. The van der Waals surface area contributed by atoms with Gasteiger partial charge in [-0.05, 0) is 162 Å². The van der Waals surface area contributed by atoms with Crippen molar-refractivity contribution in [1.82, 2.24) is 59.2 Å². The van der Waals surface area contributed by atoms with E-state index in [2.05, 4.69) is 109 Å². The van der Waals surface area contributed by atoms with Gasteiger partial charge in [-0.15, -0.1) is 0 Å². The SMILES string of the molecule is CC#CC(=O)N1CC2CCC(C1)N2c1ccc2ncnc(Nc3ccc(Oc4ccc5c(c4)ncn5C)c(C)c3)c2n1.CC#CC(=O)O.CCn1cnc2cc(Oc3ccc(Nc4ncnc5ccc(N6C7CCC6CNC7)nc45)cc3C)ccc21. The molecule has 4 bridgehead atoms. The van der Waals surface area contributed by atoms with E-state index in [9.17, 15) is 9.59 Å². The van der Waals surface area contributed by atoms with Crippen LogP contribution < -0.4 is 35.2 Å². The van der Waals surface area contributed by atoms with E-state index in [1.807, 2.05) is 115 Å². The number of piperazine rings is 2. The third kappa shape index (κ3) is 11.8. The number of anilines is 6. The molecule has 434 valence electrons. The van der Waals surface area contributed by atoms with Crippen LogP contribution in [0.15, 0.2) is 122 Å². The lowest BCUT2D eigenvalue weighted by Gasteiger charge is -2.41. The minimum atomic E-state index is -1.07. The first-order valence-corrected chi connectivity index (χ1v) is 28.8. The molecule has 4 aliphatic heterocycles. The summed E-state index contributed by atoms with van der Waals surface area (Å²) in [6.45, 7) is 13.6. The number of aliphatic carboxylic acids is 1. The van der Waals surface area contributed by atoms with Gasteiger partial charge in [0.1, 0.15) is 58.3 Å². The van der Waals surface area contributed by atoms with Crippen LogP contribution in [0.1, 0.15) is 57.6 Å². The van der Waals surface area contributed by atoms with Crippen LogP contribution in [0, 0.1) is 37.5 Å². The molecule has 10 aromatic rings. The number of hydrogen-bond donors (Lipinski definition) is 4. The Hall–Kier alpha value is -10.4. The number of carbonyl (C=O) groups excluding carboxylic acids is 1. The van der Waals surface area contributed by atoms with Gasteiger partial charge in [0.05, 0.1) is 45.8 Å². The summed E-state index contributed by atoms with van der Waals surface area (Å²) >= 11 is 0. The van der Waals surface area contributed by atoms with Gasteiger partial charge in [0.15, 0.2) is 11.6 Å².